The van der Waals surface area contributed by atoms with Gasteiger partial charge in [0.2, 0.25) is 0 Å². The first-order chi connectivity index (χ1) is 13.5. The molecule has 0 fully saturated rings. The van der Waals surface area contributed by atoms with E-state index in [-0.39, 0.29) is 5.91 Å². The number of carbonyl (C=O) groups is 1. The summed E-state index contributed by atoms with van der Waals surface area (Å²) in [6.45, 7) is 5.47. The molecule has 0 radical (unpaired) electrons. The van der Waals surface area contributed by atoms with Crippen LogP contribution in [-0.4, -0.2) is 15.7 Å². The van der Waals surface area contributed by atoms with Crippen LogP contribution in [0.4, 0.5) is 0 Å². The summed E-state index contributed by atoms with van der Waals surface area (Å²) < 4.78 is 8.57. The van der Waals surface area contributed by atoms with Crippen LogP contribution >= 0.6 is 27.5 Å². The van der Waals surface area contributed by atoms with Gasteiger partial charge in [0.1, 0.15) is 12.4 Å². The van der Waals surface area contributed by atoms with Gasteiger partial charge in [0.05, 0.1) is 16.7 Å². The molecule has 28 heavy (non-hydrogen) atoms. The zero-order valence-corrected chi connectivity index (χ0v) is 18.0. The number of halogens is 2. The lowest BCUT2D eigenvalue weighted by atomic mass is 10.1. The third-order valence-corrected chi connectivity index (χ3v) is 5.15. The molecule has 1 amide bonds. The highest BCUT2D eigenvalue weighted by atomic mass is 79.9. The number of nitrogens with one attached hydrogen (secondary N) is 1. The number of nitrogens with zero attached hydrogens (tertiary/aromatic N) is 2. The van der Waals surface area contributed by atoms with Crippen LogP contribution in [0.2, 0.25) is 5.02 Å². The molecule has 7 heteroatoms. The van der Waals surface area contributed by atoms with Gasteiger partial charge in [-0.05, 0) is 71.2 Å². The molecular formula is C21H21BrClN3O2. The van der Waals surface area contributed by atoms with Crippen LogP contribution < -0.4 is 10.1 Å². The Labute approximate surface area is 177 Å². The molecule has 1 N–H and O–H groups in total. The van der Waals surface area contributed by atoms with Gasteiger partial charge >= 0.3 is 0 Å². The number of aryl methyl sites for hydroxylation is 2. The number of ether oxygens (including phenoxy) is 1. The fraction of sp³-hybridized carbons (Fsp3) is 0.238. The molecule has 3 aromatic rings. The number of carbonyl (C=O) groups excluding carboxylic acids is 1. The Hall–Kier alpha value is -2.31. The standard InChI is InChI=1S/C21H21BrClN3O2/c1-3-26-12-18(22)19(25-26)11-24-21(27)16-6-4-5-15(10-16)13-28-20-8-7-17(23)9-14(20)2/h4-10,12H,3,11,13H2,1-2H3,(H,24,27). The van der Waals surface area contributed by atoms with E-state index in [0.717, 1.165) is 33.6 Å². The molecule has 0 atom stereocenters. The van der Waals surface area contributed by atoms with Crippen LogP contribution in [0.15, 0.2) is 53.1 Å². The highest BCUT2D eigenvalue weighted by molar-refractivity contribution is 9.10. The van der Waals surface area contributed by atoms with E-state index >= 15 is 0 Å². The predicted molar refractivity (Wildman–Crippen MR) is 114 cm³/mol. The van der Waals surface area contributed by atoms with Crippen molar-refractivity contribution in [1.82, 2.24) is 15.1 Å². The summed E-state index contributed by atoms with van der Waals surface area (Å²) >= 11 is 9.44. The molecular weight excluding hydrogens is 442 g/mol. The molecule has 0 spiro atoms. The highest BCUT2D eigenvalue weighted by Gasteiger charge is 2.10. The second kappa shape index (κ2) is 9.26. The quantitative estimate of drug-likeness (QED) is 0.529. The summed E-state index contributed by atoms with van der Waals surface area (Å²) in [6, 6.07) is 12.9. The minimum absolute atomic E-state index is 0.150. The van der Waals surface area contributed by atoms with Crippen LogP contribution in [0.25, 0.3) is 0 Å². The number of hydrogen-bond acceptors (Lipinski definition) is 3. The van der Waals surface area contributed by atoms with E-state index in [1.165, 1.54) is 0 Å². The van der Waals surface area contributed by atoms with E-state index < -0.39 is 0 Å². The second-order valence-corrected chi connectivity index (χ2v) is 7.65. The van der Waals surface area contributed by atoms with Gasteiger partial charge in [-0.25, -0.2) is 0 Å². The Morgan fingerprint density at radius 3 is 2.82 bits per heavy atom. The van der Waals surface area contributed by atoms with Crippen molar-refractivity contribution in [2.24, 2.45) is 0 Å². The van der Waals surface area contributed by atoms with Crippen molar-refractivity contribution in [2.45, 2.75) is 33.5 Å². The summed E-state index contributed by atoms with van der Waals surface area (Å²) in [4.78, 5) is 12.5. The minimum Gasteiger partial charge on any atom is -0.489 e. The van der Waals surface area contributed by atoms with E-state index in [4.69, 9.17) is 16.3 Å². The molecule has 1 heterocycles. The van der Waals surface area contributed by atoms with Gasteiger partial charge < -0.3 is 10.1 Å². The van der Waals surface area contributed by atoms with E-state index in [0.29, 0.717) is 23.7 Å². The Kier molecular flexibility index (Phi) is 6.75. The first kappa shape index (κ1) is 20.4. The van der Waals surface area contributed by atoms with Gasteiger partial charge in [0.15, 0.2) is 0 Å². The summed E-state index contributed by atoms with van der Waals surface area (Å²) in [5, 5.41) is 8.00. The predicted octanol–water partition coefficient (Wildman–Crippen LogP) is 5.14. The number of hydrogen-bond donors (Lipinski definition) is 1. The van der Waals surface area contributed by atoms with Gasteiger partial charge in [-0.15, -0.1) is 0 Å². The van der Waals surface area contributed by atoms with Crippen LogP contribution in [0, 0.1) is 6.92 Å². The van der Waals surface area contributed by atoms with Gasteiger partial charge in [0.25, 0.3) is 5.91 Å². The molecule has 1 aromatic heterocycles. The number of amides is 1. The van der Waals surface area contributed by atoms with Crippen LogP contribution in [0.5, 0.6) is 5.75 Å². The Morgan fingerprint density at radius 1 is 1.29 bits per heavy atom. The van der Waals surface area contributed by atoms with E-state index in [1.54, 1.807) is 12.1 Å². The van der Waals surface area contributed by atoms with E-state index in [1.807, 2.05) is 55.1 Å². The molecule has 146 valence electrons. The molecule has 0 bridgehead atoms. The molecule has 0 saturated heterocycles. The fourth-order valence-electron chi connectivity index (χ4n) is 2.72. The lowest BCUT2D eigenvalue weighted by Crippen LogP contribution is -2.23. The van der Waals surface area contributed by atoms with Crippen LogP contribution in [0.3, 0.4) is 0 Å². The number of benzene rings is 2. The molecule has 3 rings (SSSR count). The van der Waals surface area contributed by atoms with Gasteiger partial charge in [0, 0.05) is 23.3 Å². The Balaban J connectivity index is 1.61. The van der Waals surface area contributed by atoms with Crippen LogP contribution in [-0.2, 0) is 19.7 Å². The lowest BCUT2D eigenvalue weighted by molar-refractivity contribution is 0.0950. The zero-order valence-electron chi connectivity index (χ0n) is 15.7. The van der Waals surface area contributed by atoms with Crippen molar-refractivity contribution >= 4 is 33.4 Å². The molecule has 0 aliphatic carbocycles. The highest BCUT2D eigenvalue weighted by Crippen LogP contribution is 2.23. The number of rotatable bonds is 7. The molecule has 5 nitrogen and oxygen atoms in total. The molecule has 0 unspecified atom stereocenters. The largest absolute Gasteiger partial charge is 0.489 e. The topological polar surface area (TPSA) is 56.2 Å². The zero-order chi connectivity index (χ0) is 20.1. The molecule has 0 aliphatic rings. The first-order valence-corrected chi connectivity index (χ1v) is 10.1. The lowest BCUT2D eigenvalue weighted by Gasteiger charge is -2.10. The fourth-order valence-corrected chi connectivity index (χ4v) is 3.41. The third kappa shape index (κ3) is 5.14. The van der Waals surface area contributed by atoms with E-state index in [2.05, 4.69) is 26.3 Å². The average Bonchev–Trinajstić information content (AvgIpc) is 3.05. The maximum absolute atomic E-state index is 12.5. The minimum atomic E-state index is -0.150. The Morgan fingerprint density at radius 2 is 2.11 bits per heavy atom. The van der Waals surface area contributed by atoms with Crippen molar-refractivity contribution < 1.29 is 9.53 Å². The van der Waals surface area contributed by atoms with Crippen molar-refractivity contribution in [1.29, 1.82) is 0 Å². The summed E-state index contributed by atoms with van der Waals surface area (Å²) in [5.41, 5.74) is 3.27. The first-order valence-electron chi connectivity index (χ1n) is 8.94. The van der Waals surface area contributed by atoms with Crippen molar-refractivity contribution in [3.8, 4) is 5.75 Å². The van der Waals surface area contributed by atoms with Gasteiger partial charge in [-0.3, -0.25) is 9.48 Å². The molecule has 2 aromatic carbocycles. The third-order valence-electron chi connectivity index (χ3n) is 4.25. The molecule has 0 saturated carbocycles. The van der Waals surface area contributed by atoms with E-state index in [9.17, 15) is 4.79 Å². The Bertz CT molecular complexity index is 988. The van der Waals surface area contributed by atoms with Crippen molar-refractivity contribution in [3.63, 3.8) is 0 Å². The average molecular weight is 463 g/mol. The summed E-state index contributed by atoms with van der Waals surface area (Å²) in [5.74, 6) is 0.623. The molecule has 0 aliphatic heterocycles. The van der Waals surface area contributed by atoms with Crippen molar-refractivity contribution in [2.75, 3.05) is 0 Å². The maximum atomic E-state index is 12.5. The summed E-state index contributed by atoms with van der Waals surface area (Å²) in [7, 11) is 0. The van der Waals surface area contributed by atoms with Crippen molar-refractivity contribution in [3.05, 3.63) is 80.5 Å². The second-order valence-electron chi connectivity index (χ2n) is 6.36. The summed E-state index contributed by atoms with van der Waals surface area (Å²) in [6.07, 6.45) is 1.90. The van der Waals surface area contributed by atoms with Crippen LogP contribution in [0.1, 0.15) is 34.1 Å². The smallest absolute Gasteiger partial charge is 0.251 e. The normalized spacial score (nSPS) is 10.7. The maximum Gasteiger partial charge on any atom is 0.251 e. The number of aromatic nitrogens is 2. The monoisotopic (exact) mass is 461 g/mol. The SMILES string of the molecule is CCn1cc(Br)c(CNC(=O)c2cccc(COc3ccc(Cl)cc3C)c2)n1. The van der Waals surface area contributed by atoms with Gasteiger partial charge in [-0.2, -0.15) is 5.10 Å². The van der Waals surface area contributed by atoms with Gasteiger partial charge in [-0.1, -0.05) is 23.7 Å².